The lowest BCUT2D eigenvalue weighted by molar-refractivity contribution is 0.0610. The van der Waals surface area contributed by atoms with Gasteiger partial charge in [-0.1, -0.05) is 42.3 Å². The van der Waals surface area contributed by atoms with Crippen LogP contribution >= 0.6 is 0 Å². The summed E-state index contributed by atoms with van der Waals surface area (Å²) in [6.45, 7) is 4.96. The van der Waals surface area contributed by atoms with Crippen molar-refractivity contribution in [2.75, 3.05) is 5.32 Å². The van der Waals surface area contributed by atoms with Crippen molar-refractivity contribution in [1.29, 1.82) is 0 Å². The molecule has 10 rings (SSSR count). The van der Waals surface area contributed by atoms with E-state index < -0.39 is 0 Å². The fourth-order valence-corrected chi connectivity index (χ4v) is 9.01. The van der Waals surface area contributed by atoms with Crippen LogP contribution < -0.4 is 5.32 Å². The molecule has 0 spiro atoms. The lowest BCUT2D eigenvalue weighted by Crippen LogP contribution is -2.41. The molecular formula is C40H40N12O2. The lowest BCUT2D eigenvalue weighted by atomic mass is 9.84. The molecule has 1 saturated heterocycles. The van der Waals surface area contributed by atoms with Gasteiger partial charge in [-0.3, -0.25) is 14.3 Å². The van der Waals surface area contributed by atoms with Gasteiger partial charge in [0.2, 0.25) is 0 Å². The van der Waals surface area contributed by atoms with E-state index in [2.05, 4.69) is 35.6 Å². The number of hydrogen-bond donors (Lipinski definition) is 2. The molecule has 2 aromatic carbocycles. The minimum atomic E-state index is -0.282. The molecule has 54 heavy (non-hydrogen) atoms. The Bertz CT molecular complexity index is 2540. The van der Waals surface area contributed by atoms with Gasteiger partial charge in [0.15, 0.2) is 5.65 Å². The maximum Gasteiger partial charge on any atom is 0.261 e. The number of para-hydroxylation sites is 2. The Hall–Kier alpha value is -6.18. The molecule has 7 aromatic rings. The zero-order valence-corrected chi connectivity index (χ0v) is 30.2. The summed E-state index contributed by atoms with van der Waals surface area (Å²) < 4.78 is 5.44. The number of carbonyl (C=O) groups is 2. The smallest absolute Gasteiger partial charge is 0.261 e. The fourth-order valence-electron chi connectivity index (χ4n) is 9.01. The van der Waals surface area contributed by atoms with Crippen molar-refractivity contribution in [3.05, 3.63) is 107 Å². The molecule has 0 radical (unpaired) electrons. The van der Waals surface area contributed by atoms with Gasteiger partial charge in [0.1, 0.15) is 17.1 Å². The Morgan fingerprint density at radius 1 is 1.00 bits per heavy atom. The van der Waals surface area contributed by atoms with Gasteiger partial charge in [0.05, 0.1) is 53.0 Å². The zero-order chi connectivity index (χ0) is 36.5. The van der Waals surface area contributed by atoms with Gasteiger partial charge in [-0.2, -0.15) is 10.2 Å². The minimum Gasteiger partial charge on any atom is -0.340 e. The number of fused-ring (bicyclic) bond motifs is 4. The van der Waals surface area contributed by atoms with E-state index in [0.717, 1.165) is 90.3 Å². The summed E-state index contributed by atoms with van der Waals surface area (Å²) in [6.07, 6.45) is 10.6. The number of imidazole rings is 1. The van der Waals surface area contributed by atoms with Gasteiger partial charge in [-0.15, -0.1) is 5.10 Å². The predicted octanol–water partition coefficient (Wildman–Crippen LogP) is 6.07. The van der Waals surface area contributed by atoms with Crippen LogP contribution in [0.25, 0.3) is 27.9 Å². The summed E-state index contributed by atoms with van der Waals surface area (Å²) in [5.41, 5.74) is 9.20. The maximum absolute atomic E-state index is 15.0. The number of carbonyl (C=O) groups excluding carboxylic acids is 2. The topological polar surface area (TPSA) is 157 Å². The SMILES string of the molecule is Cc1cc(C)n2ncc(C(=O)Nc3ccc(-c4cn(Cc5nn6c(c5C(=O)N5C(c7nc8ccccc8[nH]7)CC7CCCCC75)CCC6)nn4)cc3)c2n1. The summed E-state index contributed by atoms with van der Waals surface area (Å²) >= 11 is 0. The van der Waals surface area contributed by atoms with Crippen LogP contribution in [-0.4, -0.2) is 72.1 Å². The van der Waals surface area contributed by atoms with Crippen molar-refractivity contribution in [3.63, 3.8) is 0 Å². The third-order valence-electron chi connectivity index (χ3n) is 11.5. The molecule has 0 bridgehead atoms. The van der Waals surface area contributed by atoms with Crippen LogP contribution in [0.2, 0.25) is 0 Å². The lowest BCUT2D eigenvalue weighted by Gasteiger charge is -2.33. The number of H-pyrrole nitrogens is 1. The van der Waals surface area contributed by atoms with Crippen molar-refractivity contribution in [1.82, 2.24) is 54.2 Å². The number of amides is 2. The quantitative estimate of drug-likeness (QED) is 0.201. The van der Waals surface area contributed by atoms with Gasteiger partial charge in [-0.05, 0) is 82.2 Å². The number of benzene rings is 2. The highest BCUT2D eigenvalue weighted by molar-refractivity contribution is 6.08. The molecule has 3 unspecified atom stereocenters. The van der Waals surface area contributed by atoms with Crippen LogP contribution in [0.15, 0.2) is 67.0 Å². The molecule has 3 aliphatic rings. The normalized spacial score (nSPS) is 19.4. The summed E-state index contributed by atoms with van der Waals surface area (Å²) in [6, 6.07) is 17.6. The van der Waals surface area contributed by atoms with E-state index in [4.69, 9.17) is 10.1 Å². The van der Waals surface area contributed by atoms with Crippen molar-refractivity contribution in [3.8, 4) is 11.3 Å². The number of anilines is 1. The van der Waals surface area contributed by atoms with E-state index in [0.29, 0.717) is 40.6 Å². The summed E-state index contributed by atoms with van der Waals surface area (Å²) in [5.74, 6) is 1.10. The molecule has 2 N–H and O–H groups in total. The molecule has 3 atom stereocenters. The Labute approximate surface area is 310 Å². The van der Waals surface area contributed by atoms with E-state index >= 15 is 0 Å². The van der Waals surface area contributed by atoms with Crippen molar-refractivity contribution < 1.29 is 9.59 Å². The highest BCUT2D eigenvalue weighted by Crippen LogP contribution is 2.47. The molecule has 14 nitrogen and oxygen atoms in total. The highest BCUT2D eigenvalue weighted by atomic mass is 16.2. The van der Waals surface area contributed by atoms with Gasteiger partial charge in [-0.25, -0.2) is 19.2 Å². The third-order valence-corrected chi connectivity index (χ3v) is 11.5. The molecule has 14 heteroatoms. The van der Waals surface area contributed by atoms with Gasteiger partial charge >= 0.3 is 0 Å². The number of hydrogen-bond acceptors (Lipinski definition) is 8. The standard InChI is InChI=1S/C40H40N12O2/c1-23-18-24(2)52-38(42-23)28(20-41-52)39(53)43-27-15-13-25(14-16-27)31-21-49(48-46-31)22-32-36(34-12-7-17-50(34)47-32)40(54)51-33-11-6-3-8-26(33)19-35(51)37-44-29-9-4-5-10-30(29)45-37/h4-5,9-10,13-16,18,20-21,26,33,35H,3,6-8,11-12,17,19,22H2,1-2H3,(H,43,53)(H,44,45). The Kier molecular flexibility index (Phi) is 7.66. The van der Waals surface area contributed by atoms with Crippen LogP contribution in [0.4, 0.5) is 5.69 Å². The second-order valence-electron chi connectivity index (χ2n) is 15.0. The fraction of sp³-hybridized carbons (Fsp3) is 0.350. The molecule has 2 amide bonds. The largest absolute Gasteiger partial charge is 0.340 e. The second kappa shape index (κ2) is 12.7. The number of aromatic amines is 1. The molecule has 2 aliphatic heterocycles. The molecule has 1 aliphatic carbocycles. The molecule has 7 heterocycles. The highest BCUT2D eigenvalue weighted by Gasteiger charge is 2.48. The van der Waals surface area contributed by atoms with Crippen LogP contribution in [-0.2, 0) is 19.5 Å². The first-order valence-electron chi connectivity index (χ1n) is 18.9. The first kappa shape index (κ1) is 32.5. The average Bonchev–Trinajstić information content (AvgIpc) is 4.02. The van der Waals surface area contributed by atoms with Gasteiger partial charge in [0, 0.05) is 35.2 Å². The Morgan fingerprint density at radius 2 is 1.85 bits per heavy atom. The number of aromatic nitrogens is 10. The van der Waals surface area contributed by atoms with Crippen LogP contribution in [0.1, 0.15) is 93.9 Å². The zero-order valence-electron chi connectivity index (χ0n) is 30.2. The van der Waals surface area contributed by atoms with Gasteiger partial charge in [0.25, 0.3) is 11.8 Å². The number of likely N-dealkylation sites (tertiary alicyclic amines) is 1. The van der Waals surface area contributed by atoms with Crippen molar-refractivity contribution >= 4 is 34.2 Å². The number of aryl methyl sites for hydroxylation is 3. The first-order chi connectivity index (χ1) is 26.4. The minimum absolute atomic E-state index is 0.0520. The summed E-state index contributed by atoms with van der Waals surface area (Å²) in [5, 5.41) is 21.2. The molecule has 2 fully saturated rings. The number of nitrogens with one attached hydrogen (secondary N) is 2. The van der Waals surface area contributed by atoms with Crippen LogP contribution in [0.5, 0.6) is 0 Å². The monoisotopic (exact) mass is 720 g/mol. The van der Waals surface area contributed by atoms with Gasteiger partial charge < -0.3 is 15.2 Å². The molecule has 5 aromatic heterocycles. The van der Waals surface area contributed by atoms with Crippen LogP contribution in [0.3, 0.4) is 0 Å². The third kappa shape index (κ3) is 5.46. The molecule has 272 valence electrons. The van der Waals surface area contributed by atoms with Crippen molar-refractivity contribution in [2.24, 2.45) is 5.92 Å². The molecular weight excluding hydrogens is 681 g/mol. The van der Waals surface area contributed by atoms with E-state index in [9.17, 15) is 9.59 Å². The Morgan fingerprint density at radius 3 is 2.72 bits per heavy atom. The summed E-state index contributed by atoms with van der Waals surface area (Å²) in [7, 11) is 0. The van der Waals surface area contributed by atoms with E-state index in [-0.39, 0.29) is 23.9 Å². The van der Waals surface area contributed by atoms with E-state index in [1.54, 1.807) is 15.4 Å². The second-order valence-corrected chi connectivity index (χ2v) is 15.0. The Balaban J connectivity index is 0.900. The number of rotatable bonds is 7. The van der Waals surface area contributed by atoms with Crippen LogP contribution in [0, 0.1) is 19.8 Å². The van der Waals surface area contributed by atoms with E-state index in [1.165, 1.54) is 6.42 Å². The molecule has 1 saturated carbocycles. The maximum atomic E-state index is 15.0. The summed E-state index contributed by atoms with van der Waals surface area (Å²) in [4.78, 5) is 43.4. The van der Waals surface area contributed by atoms with E-state index in [1.807, 2.05) is 79.3 Å². The average molecular weight is 721 g/mol. The first-order valence-corrected chi connectivity index (χ1v) is 18.9. The van der Waals surface area contributed by atoms with Crippen molar-refractivity contribution in [2.45, 2.75) is 84.0 Å². The predicted molar refractivity (Wildman–Crippen MR) is 201 cm³/mol. The number of nitrogens with zero attached hydrogens (tertiary/aromatic N) is 10.